The molecule has 0 aliphatic heterocycles. The maximum absolute atomic E-state index is 13.4. The normalized spacial score (nSPS) is 11.0. The van der Waals surface area contributed by atoms with Gasteiger partial charge in [-0.05, 0) is 24.3 Å². The monoisotopic (exact) mass is 351 g/mol. The van der Waals surface area contributed by atoms with Gasteiger partial charge in [0.2, 0.25) is 0 Å². The number of aromatic nitrogens is 2. The van der Waals surface area contributed by atoms with Crippen LogP contribution >= 0.6 is 11.3 Å². The zero-order valence-electron chi connectivity index (χ0n) is 13.4. The van der Waals surface area contributed by atoms with Crippen molar-refractivity contribution in [2.45, 2.75) is 0 Å². The molecule has 0 radical (unpaired) electrons. The lowest BCUT2D eigenvalue weighted by Crippen LogP contribution is -2.15. The molecule has 6 heteroatoms. The fraction of sp³-hybridized carbons (Fsp3) is 0.0526. The second-order valence-electron chi connectivity index (χ2n) is 5.65. The maximum atomic E-state index is 13.4. The average molecular weight is 351 g/mol. The van der Waals surface area contributed by atoms with Crippen molar-refractivity contribution in [2.75, 3.05) is 5.32 Å². The van der Waals surface area contributed by atoms with Crippen LogP contribution in [-0.2, 0) is 7.05 Å². The summed E-state index contributed by atoms with van der Waals surface area (Å²) in [6.07, 6.45) is 0. The van der Waals surface area contributed by atoms with Crippen molar-refractivity contribution >= 4 is 33.3 Å². The maximum Gasteiger partial charge on any atom is 0.274 e. The predicted octanol–water partition coefficient (Wildman–Crippen LogP) is 4.69. The van der Waals surface area contributed by atoms with Gasteiger partial charge < -0.3 is 4.57 Å². The predicted molar refractivity (Wildman–Crippen MR) is 98.4 cm³/mol. The number of nitrogens with zero attached hydrogens (tertiary/aromatic N) is 2. The van der Waals surface area contributed by atoms with Crippen LogP contribution in [0.1, 0.15) is 10.5 Å². The molecule has 4 aromatic rings. The van der Waals surface area contributed by atoms with E-state index in [0.717, 1.165) is 16.6 Å². The van der Waals surface area contributed by atoms with Gasteiger partial charge in [0.15, 0.2) is 5.13 Å². The highest BCUT2D eigenvalue weighted by atomic mass is 32.1. The molecular formula is C19H14FN3OS. The first-order valence-electron chi connectivity index (χ1n) is 7.69. The van der Waals surface area contributed by atoms with Crippen LogP contribution in [0.4, 0.5) is 9.52 Å². The van der Waals surface area contributed by atoms with Gasteiger partial charge in [0.25, 0.3) is 5.91 Å². The third kappa shape index (κ3) is 2.92. The van der Waals surface area contributed by atoms with Crippen LogP contribution in [0.15, 0.2) is 60.0 Å². The Labute approximate surface area is 147 Å². The molecule has 0 spiro atoms. The molecule has 1 amide bonds. The van der Waals surface area contributed by atoms with Gasteiger partial charge >= 0.3 is 0 Å². The Kier molecular flexibility index (Phi) is 3.82. The number of halogens is 1. The first kappa shape index (κ1) is 15.5. The van der Waals surface area contributed by atoms with Crippen LogP contribution in [-0.4, -0.2) is 15.5 Å². The summed E-state index contributed by atoms with van der Waals surface area (Å²) in [5.41, 5.74) is 2.95. The number of carbonyl (C=O) groups excluding carboxylic acids is 1. The molecule has 1 N–H and O–H groups in total. The minimum atomic E-state index is -0.326. The average Bonchev–Trinajstić information content (AvgIpc) is 3.21. The van der Waals surface area contributed by atoms with Crippen molar-refractivity contribution in [3.8, 4) is 11.3 Å². The van der Waals surface area contributed by atoms with Crippen LogP contribution in [0.2, 0.25) is 0 Å². The quantitative estimate of drug-likeness (QED) is 0.582. The minimum absolute atomic E-state index is 0.270. The third-order valence-corrected chi connectivity index (χ3v) is 4.79. The summed E-state index contributed by atoms with van der Waals surface area (Å²) in [6, 6.07) is 16.0. The molecule has 2 aromatic heterocycles. The van der Waals surface area contributed by atoms with Gasteiger partial charge in [-0.3, -0.25) is 10.1 Å². The Balaban J connectivity index is 1.61. The molecular weight excluding hydrogens is 337 g/mol. The van der Waals surface area contributed by atoms with Gasteiger partial charge in [0, 0.05) is 23.4 Å². The van der Waals surface area contributed by atoms with E-state index in [1.54, 1.807) is 23.7 Å². The number of anilines is 1. The molecule has 124 valence electrons. The lowest BCUT2D eigenvalue weighted by molar-refractivity contribution is 0.101. The number of carbonyl (C=O) groups is 1. The SMILES string of the molecule is Cn1c(C(=O)Nc2nc(-c3ccccc3)cs2)cc2ccc(F)cc21. The molecule has 2 aromatic carbocycles. The Morgan fingerprint density at radius 3 is 2.76 bits per heavy atom. The van der Waals surface area contributed by atoms with E-state index >= 15 is 0 Å². The highest BCUT2D eigenvalue weighted by Gasteiger charge is 2.15. The zero-order valence-corrected chi connectivity index (χ0v) is 14.2. The molecule has 0 aliphatic rings. The first-order chi connectivity index (χ1) is 12.1. The number of fused-ring (bicyclic) bond motifs is 1. The van der Waals surface area contributed by atoms with Crippen molar-refractivity contribution in [1.29, 1.82) is 0 Å². The Morgan fingerprint density at radius 1 is 1.16 bits per heavy atom. The molecule has 0 unspecified atom stereocenters. The van der Waals surface area contributed by atoms with Crippen molar-refractivity contribution < 1.29 is 9.18 Å². The number of amides is 1. The number of rotatable bonds is 3. The molecule has 25 heavy (non-hydrogen) atoms. The molecule has 0 saturated carbocycles. The largest absolute Gasteiger partial charge is 0.340 e. The smallest absolute Gasteiger partial charge is 0.274 e. The second kappa shape index (κ2) is 6.14. The number of hydrogen-bond acceptors (Lipinski definition) is 3. The summed E-state index contributed by atoms with van der Waals surface area (Å²) in [5, 5.41) is 6.07. The summed E-state index contributed by atoms with van der Waals surface area (Å²) in [5.74, 6) is -0.596. The van der Waals surface area contributed by atoms with E-state index in [2.05, 4.69) is 10.3 Å². The first-order valence-corrected chi connectivity index (χ1v) is 8.57. The van der Waals surface area contributed by atoms with Gasteiger partial charge in [-0.2, -0.15) is 0 Å². The van der Waals surface area contributed by atoms with Gasteiger partial charge in [-0.25, -0.2) is 9.37 Å². The molecule has 0 bridgehead atoms. The lowest BCUT2D eigenvalue weighted by Gasteiger charge is -2.04. The van der Waals surface area contributed by atoms with E-state index in [1.165, 1.54) is 23.5 Å². The van der Waals surface area contributed by atoms with Crippen LogP contribution in [0.3, 0.4) is 0 Å². The molecule has 4 nitrogen and oxygen atoms in total. The highest BCUT2D eigenvalue weighted by molar-refractivity contribution is 7.14. The fourth-order valence-electron chi connectivity index (χ4n) is 2.75. The number of thiazole rings is 1. The fourth-order valence-corrected chi connectivity index (χ4v) is 3.47. The van der Waals surface area contributed by atoms with Gasteiger partial charge in [0.1, 0.15) is 11.5 Å². The summed E-state index contributed by atoms with van der Waals surface area (Å²) in [4.78, 5) is 17.0. The number of hydrogen-bond donors (Lipinski definition) is 1. The van der Waals surface area contributed by atoms with Crippen LogP contribution < -0.4 is 5.32 Å². The molecule has 0 aliphatic carbocycles. The topological polar surface area (TPSA) is 46.9 Å². The highest BCUT2D eigenvalue weighted by Crippen LogP contribution is 2.26. The molecule has 0 saturated heterocycles. The van der Waals surface area contributed by atoms with Crippen molar-refractivity contribution in [3.05, 3.63) is 71.5 Å². The standard InChI is InChI=1S/C19H14FN3OS/c1-23-16-10-14(20)8-7-13(16)9-17(23)18(24)22-19-21-15(11-25-19)12-5-3-2-4-6-12/h2-11H,1H3,(H,21,22,24). The Bertz CT molecular complexity index is 1070. The third-order valence-electron chi connectivity index (χ3n) is 4.03. The van der Waals surface area contributed by atoms with Gasteiger partial charge in [0.05, 0.1) is 11.2 Å². The van der Waals surface area contributed by atoms with Crippen LogP contribution in [0.25, 0.3) is 22.2 Å². The lowest BCUT2D eigenvalue weighted by atomic mass is 10.2. The van der Waals surface area contributed by atoms with E-state index in [4.69, 9.17) is 0 Å². The Hall–Kier alpha value is -2.99. The van der Waals surface area contributed by atoms with Gasteiger partial charge in [-0.1, -0.05) is 30.3 Å². The van der Waals surface area contributed by atoms with Crippen molar-refractivity contribution in [3.63, 3.8) is 0 Å². The van der Waals surface area contributed by atoms with E-state index in [1.807, 2.05) is 35.7 Å². The molecule has 2 heterocycles. The summed E-state index contributed by atoms with van der Waals surface area (Å²) >= 11 is 1.37. The van der Waals surface area contributed by atoms with E-state index < -0.39 is 0 Å². The summed E-state index contributed by atoms with van der Waals surface area (Å²) in [6.45, 7) is 0. The summed E-state index contributed by atoms with van der Waals surface area (Å²) < 4.78 is 15.1. The minimum Gasteiger partial charge on any atom is -0.340 e. The van der Waals surface area contributed by atoms with Gasteiger partial charge in [-0.15, -0.1) is 11.3 Å². The van der Waals surface area contributed by atoms with Crippen LogP contribution in [0.5, 0.6) is 0 Å². The van der Waals surface area contributed by atoms with E-state index in [9.17, 15) is 9.18 Å². The van der Waals surface area contributed by atoms with E-state index in [0.29, 0.717) is 16.3 Å². The van der Waals surface area contributed by atoms with Crippen LogP contribution in [0, 0.1) is 5.82 Å². The Morgan fingerprint density at radius 2 is 1.96 bits per heavy atom. The summed E-state index contributed by atoms with van der Waals surface area (Å²) in [7, 11) is 1.74. The number of benzene rings is 2. The number of aryl methyl sites for hydroxylation is 1. The van der Waals surface area contributed by atoms with Crippen molar-refractivity contribution in [2.24, 2.45) is 7.05 Å². The zero-order chi connectivity index (χ0) is 17.4. The molecule has 0 atom stereocenters. The molecule has 0 fully saturated rings. The van der Waals surface area contributed by atoms with Crippen molar-refractivity contribution in [1.82, 2.24) is 9.55 Å². The second-order valence-corrected chi connectivity index (χ2v) is 6.51. The van der Waals surface area contributed by atoms with E-state index in [-0.39, 0.29) is 11.7 Å². The molecule has 4 rings (SSSR count). The number of nitrogens with one attached hydrogen (secondary N) is 1.